The zero-order chi connectivity index (χ0) is 51.9. The number of Topliss-reactive ketones (excluding diaryl/α,β-unsaturated/α-hetero) is 1. The van der Waals surface area contributed by atoms with Crippen LogP contribution in [0, 0.1) is 16.7 Å². The molecule has 18 nitrogen and oxygen atoms in total. The van der Waals surface area contributed by atoms with Gasteiger partial charge in [0.15, 0.2) is 23.6 Å². The van der Waals surface area contributed by atoms with Crippen molar-refractivity contribution in [1.29, 1.82) is 0 Å². The first-order valence-electron chi connectivity index (χ1n) is 23.4. The fraction of sp³-hybridized carbons (Fsp3) is 0.389. The number of nitrogens with one attached hydrogen (secondary N) is 2. The summed E-state index contributed by atoms with van der Waals surface area (Å²) < 4.78 is 30.8. The summed E-state index contributed by atoms with van der Waals surface area (Å²) in [4.78, 5) is 97.3. The summed E-state index contributed by atoms with van der Waals surface area (Å²) >= 11 is 0. The maximum atomic E-state index is 16.0. The predicted octanol–water partition coefficient (Wildman–Crippen LogP) is 5.05. The van der Waals surface area contributed by atoms with Crippen LogP contribution < -0.4 is 10.6 Å². The number of anilines is 1. The van der Waals surface area contributed by atoms with E-state index in [1.807, 2.05) is 0 Å². The van der Waals surface area contributed by atoms with E-state index in [-0.39, 0.29) is 47.4 Å². The van der Waals surface area contributed by atoms with Gasteiger partial charge >= 0.3 is 30.0 Å². The van der Waals surface area contributed by atoms with Crippen LogP contribution in [0.2, 0.25) is 0 Å². The van der Waals surface area contributed by atoms with Crippen molar-refractivity contribution in [2.75, 3.05) is 11.9 Å². The van der Waals surface area contributed by atoms with Gasteiger partial charge < -0.3 is 49.4 Å². The minimum absolute atomic E-state index is 0.0283. The van der Waals surface area contributed by atoms with E-state index in [2.05, 4.69) is 10.6 Å². The number of aliphatic carboxylic acids is 1. The van der Waals surface area contributed by atoms with Crippen LogP contribution in [0.25, 0.3) is 0 Å². The molecule has 18 heteroatoms. The van der Waals surface area contributed by atoms with Gasteiger partial charge in [-0.05, 0) is 72.5 Å². The molecular formula is C54H56N2O16. The van der Waals surface area contributed by atoms with E-state index < -0.39 is 119 Å². The molecule has 1 heterocycles. The first-order valence-corrected chi connectivity index (χ1v) is 23.4. The molecule has 1 aliphatic heterocycles. The molecule has 2 unspecified atom stereocenters. The van der Waals surface area contributed by atoms with E-state index in [1.54, 1.807) is 78.9 Å². The van der Waals surface area contributed by atoms with E-state index in [0.717, 1.165) is 6.92 Å². The van der Waals surface area contributed by atoms with Crippen LogP contribution >= 0.6 is 0 Å². The number of carbonyl (C=O) groups excluding carboxylic acids is 6. The number of rotatable bonds is 13. The normalized spacial score (nSPS) is 28.9. The van der Waals surface area contributed by atoms with Crippen molar-refractivity contribution in [1.82, 2.24) is 5.32 Å². The lowest BCUT2D eigenvalue weighted by atomic mass is 9.44. The second-order valence-electron chi connectivity index (χ2n) is 19.5. The lowest BCUT2D eigenvalue weighted by molar-refractivity contribution is -0.345. The van der Waals surface area contributed by atoms with Gasteiger partial charge in [0.05, 0.1) is 42.1 Å². The Bertz CT molecular complexity index is 2780. The van der Waals surface area contributed by atoms with E-state index in [1.165, 1.54) is 64.1 Å². The van der Waals surface area contributed by atoms with Gasteiger partial charge in [-0.2, -0.15) is 0 Å². The second kappa shape index (κ2) is 19.7. The molecule has 11 atom stereocenters. The Kier molecular flexibility index (Phi) is 14.0. The molecule has 2 amide bonds. The average molecular weight is 989 g/mol. The van der Waals surface area contributed by atoms with E-state index >= 15 is 4.79 Å². The lowest BCUT2D eigenvalue weighted by Gasteiger charge is -2.67. The van der Waals surface area contributed by atoms with Crippen molar-refractivity contribution in [2.45, 2.75) is 108 Å². The van der Waals surface area contributed by atoms with Gasteiger partial charge in [-0.25, -0.2) is 14.4 Å². The Morgan fingerprint density at radius 1 is 0.819 bits per heavy atom. The van der Waals surface area contributed by atoms with Crippen molar-refractivity contribution >= 4 is 47.3 Å². The van der Waals surface area contributed by atoms with E-state index in [0.29, 0.717) is 11.1 Å². The van der Waals surface area contributed by atoms with Crippen molar-refractivity contribution in [3.63, 3.8) is 0 Å². The number of benzene rings is 4. The molecule has 0 spiro atoms. The monoisotopic (exact) mass is 988 g/mol. The summed E-state index contributed by atoms with van der Waals surface area (Å²) in [7, 11) is 0. The Morgan fingerprint density at radius 3 is 1.99 bits per heavy atom. The molecule has 1 saturated heterocycles. The molecule has 0 aromatic heterocycles. The van der Waals surface area contributed by atoms with E-state index in [9.17, 15) is 49.2 Å². The number of fused-ring (bicyclic) bond motifs is 5. The maximum Gasteiger partial charge on any atom is 0.412 e. The number of carbonyl (C=O) groups is 7. The average Bonchev–Trinajstić information content (AvgIpc) is 3.35. The maximum absolute atomic E-state index is 16.0. The standard InChI is InChI=1S/C54H56N2O16/c1-29-36(69-49(65)42(61)41(32-15-9-6-10-16-32)56-47(63)33-17-11-7-12-18-33)27-54(67)46(71-48(64)34-19-13-8-14-20-34)44-52(5,37(58)26-38-53(44,28-68-38)72-30(2)57)45(62)43(40(29)51(54,3)4)70-50(66)55-35-23-21-31(22-24-35)25-39(59)60/h6-24,36-38,41-44,46,58,61,67H,25-28H2,1-5H3,(H,55,66)(H,56,63)(H,59,60)/t36-,37-,38+,41?,42+,43+,44?,46-,52+,53-,54+/m0/s1. The smallest absolute Gasteiger partial charge is 0.412 e. The fourth-order valence-corrected chi connectivity index (χ4v) is 11.2. The van der Waals surface area contributed by atoms with Gasteiger partial charge in [0.25, 0.3) is 5.91 Å². The van der Waals surface area contributed by atoms with Crippen molar-refractivity contribution < 1.29 is 77.7 Å². The molecule has 4 aromatic carbocycles. The van der Waals surface area contributed by atoms with Crippen LogP contribution in [-0.4, -0.2) is 117 Å². The van der Waals surface area contributed by atoms with Gasteiger partial charge in [0, 0.05) is 36.4 Å². The van der Waals surface area contributed by atoms with Crippen LogP contribution in [0.4, 0.5) is 10.5 Å². The van der Waals surface area contributed by atoms with Crippen LogP contribution in [0.1, 0.15) is 85.3 Å². The van der Waals surface area contributed by atoms with Gasteiger partial charge in [0.2, 0.25) is 0 Å². The number of ketones is 1. The third-order valence-corrected chi connectivity index (χ3v) is 15.0. The summed E-state index contributed by atoms with van der Waals surface area (Å²) in [6.07, 6.45) is -12.8. The summed E-state index contributed by atoms with van der Waals surface area (Å²) in [5.74, 6) is -7.42. The molecule has 2 saturated carbocycles. The molecule has 4 aliphatic rings. The number of carboxylic acids is 1. The molecular weight excluding hydrogens is 933 g/mol. The van der Waals surface area contributed by atoms with Crippen LogP contribution in [0.5, 0.6) is 0 Å². The molecule has 2 bridgehead atoms. The molecule has 3 fully saturated rings. The Balaban J connectivity index is 1.28. The number of hydrogen-bond acceptors (Lipinski definition) is 15. The molecule has 6 N–H and O–H groups in total. The molecule has 8 rings (SSSR count). The first kappa shape index (κ1) is 51.1. The van der Waals surface area contributed by atoms with Gasteiger partial charge in [-0.1, -0.05) is 92.7 Å². The van der Waals surface area contributed by atoms with Gasteiger partial charge in [-0.15, -0.1) is 0 Å². The lowest BCUT2D eigenvalue weighted by Crippen LogP contribution is -2.82. The van der Waals surface area contributed by atoms with Crippen LogP contribution in [0.3, 0.4) is 0 Å². The first-order chi connectivity index (χ1) is 34.1. The molecule has 4 aromatic rings. The molecule has 3 aliphatic carbocycles. The highest BCUT2D eigenvalue weighted by atomic mass is 16.6. The number of ether oxygens (including phenoxy) is 5. The van der Waals surface area contributed by atoms with Crippen molar-refractivity contribution in [2.24, 2.45) is 16.7 Å². The number of aliphatic hydroxyl groups excluding tert-OH is 2. The Hall–Kier alpha value is -7.25. The highest BCUT2D eigenvalue weighted by Crippen LogP contribution is 2.64. The number of hydrogen-bond donors (Lipinski definition) is 6. The number of carboxylic acid groups (broad SMARTS) is 1. The summed E-state index contributed by atoms with van der Waals surface area (Å²) in [6, 6.07) is 28.4. The van der Waals surface area contributed by atoms with Crippen molar-refractivity contribution in [3.05, 3.63) is 149 Å². The minimum Gasteiger partial charge on any atom is -0.481 e. The highest BCUT2D eigenvalue weighted by Gasteiger charge is 2.78. The SMILES string of the molecule is CC(=O)O[C@@]12CO[C@@H]1C[C@H](O)[C@@]1(C)C(=O)[C@H](OC(=O)Nc3ccc(CC(=O)O)cc3)C3=C(C)[C@@H](OC(=O)[C@H](O)C(NC(=O)c4ccccc4)c4ccccc4)C[C@@](O)([C@@H](OC(=O)c4ccccc4)C12)C3(C)C. The fourth-order valence-electron chi connectivity index (χ4n) is 11.2. The largest absolute Gasteiger partial charge is 0.481 e. The Morgan fingerprint density at radius 2 is 1.42 bits per heavy atom. The van der Waals surface area contributed by atoms with E-state index in [4.69, 9.17) is 23.7 Å². The summed E-state index contributed by atoms with van der Waals surface area (Å²) in [6.45, 7) is 6.63. The number of aliphatic hydroxyl groups is 3. The second-order valence-corrected chi connectivity index (χ2v) is 19.5. The predicted molar refractivity (Wildman–Crippen MR) is 254 cm³/mol. The minimum atomic E-state index is -2.50. The number of amides is 2. The molecule has 0 radical (unpaired) electrons. The molecule has 378 valence electrons. The number of esters is 3. The highest BCUT2D eigenvalue weighted by molar-refractivity contribution is 5.97. The van der Waals surface area contributed by atoms with Crippen LogP contribution in [0.15, 0.2) is 126 Å². The zero-order valence-corrected chi connectivity index (χ0v) is 40.1. The van der Waals surface area contributed by atoms with Crippen LogP contribution in [-0.2, 0) is 49.3 Å². The van der Waals surface area contributed by atoms with Crippen molar-refractivity contribution in [3.8, 4) is 0 Å². The zero-order valence-electron chi connectivity index (χ0n) is 40.1. The Labute approximate surface area is 414 Å². The van der Waals surface area contributed by atoms with Gasteiger partial charge in [0.1, 0.15) is 23.9 Å². The summed E-state index contributed by atoms with van der Waals surface area (Å²) in [5, 5.41) is 52.8. The van der Waals surface area contributed by atoms with Gasteiger partial charge in [-0.3, -0.25) is 24.5 Å². The topological polar surface area (TPSA) is 271 Å². The third kappa shape index (κ3) is 9.15. The quantitative estimate of drug-likeness (QED) is 0.0581. The molecule has 72 heavy (non-hydrogen) atoms. The third-order valence-electron chi connectivity index (χ3n) is 15.0. The summed E-state index contributed by atoms with van der Waals surface area (Å²) in [5.41, 5.74) is -7.23.